The molecule has 2 N–H and O–H groups in total. The van der Waals surface area contributed by atoms with Crippen LogP contribution in [0, 0.1) is 17.5 Å². The van der Waals surface area contributed by atoms with Gasteiger partial charge in [0.05, 0.1) is 40.4 Å². The third kappa shape index (κ3) is 5.29. The predicted molar refractivity (Wildman–Crippen MR) is 145 cm³/mol. The summed E-state index contributed by atoms with van der Waals surface area (Å²) in [5, 5.41) is 1.99. The van der Waals surface area contributed by atoms with E-state index in [1.807, 2.05) is 12.1 Å². The molecule has 4 aromatic rings. The van der Waals surface area contributed by atoms with Crippen molar-refractivity contribution in [3.05, 3.63) is 77.9 Å². The van der Waals surface area contributed by atoms with Crippen molar-refractivity contribution in [2.45, 2.75) is 6.92 Å². The van der Waals surface area contributed by atoms with Crippen molar-refractivity contribution >= 4 is 39.3 Å². The zero-order valence-corrected chi connectivity index (χ0v) is 22.1. The van der Waals surface area contributed by atoms with Gasteiger partial charge in [0.25, 0.3) is 5.91 Å². The molecule has 3 heterocycles. The number of carbonyl (C=O) groups is 1. The molecule has 40 heavy (non-hydrogen) atoms. The number of pyridine rings is 2. The fourth-order valence-corrected chi connectivity index (χ4v) is 5.00. The van der Waals surface area contributed by atoms with E-state index in [1.165, 1.54) is 12.4 Å². The molecule has 1 aliphatic rings. The zero-order chi connectivity index (χ0) is 28.4. The summed E-state index contributed by atoms with van der Waals surface area (Å²) in [5.41, 5.74) is 3.56. The summed E-state index contributed by atoms with van der Waals surface area (Å²) in [5.74, 6) is -3.69. The van der Waals surface area contributed by atoms with Crippen molar-refractivity contribution in [2.24, 2.45) is 0 Å². The van der Waals surface area contributed by atoms with Crippen molar-refractivity contribution in [1.29, 1.82) is 0 Å². The van der Waals surface area contributed by atoms with E-state index in [1.54, 1.807) is 35.0 Å². The fraction of sp³-hybridized carbons (Fsp3) is 0.222. The number of aromatic nitrogens is 2. The number of nitrogens with zero attached hydrogens (tertiary/aromatic N) is 4. The van der Waals surface area contributed by atoms with Crippen molar-refractivity contribution in [3.8, 4) is 17.0 Å². The minimum atomic E-state index is -2.11. The van der Waals surface area contributed by atoms with Gasteiger partial charge in [-0.2, -0.15) is 0 Å². The molecule has 9 nitrogen and oxygen atoms in total. The van der Waals surface area contributed by atoms with Gasteiger partial charge in [-0.1, -0.05) is 12.1 Å². The number of fused-ring (bicyclic) bond motifs is 2. The molecule has 1 aliphatic heterocycles. The van der Waals surface area contributed by atoms with Gasteiger partial charge in [-0.15, -0.1) is 0 Å². The average molecular weight is 572 g/mol. The molecule has 0 spiro atoms. The Morgan fingerprint density at radius 1 is 1.20 bits per heavy atom. The van der Waals surface area contributed by atoms with Crippen LogP contribution in [0.2, 0.25) is 0 Å². The lowest BCUT2D eigenvalue weighted by Crippen LogP contribution is -2.47. The first-order valence-electron chi connectivity index (χ1n) is 12.3. The number of hydrogen-bond donors (Lipinski definition) is 2. The van der Waals surface area contributed by atoms with E-state index in [0.29, 0.717) is 48.3 Å². The van der Waals surface area contributed by atoms with E-state index in [2.05, 4.69) is 15.4 Å². The molecule has 0 radical (unpaired) electrons. The number of anilines is 2. The minimum Gasteiger partial charge on any atom is -0.489 e. The van der Waals surface area contributed by atoms with Crippen LogP contribution in [-0.2, 0) is 11.1 Å². The number of nitrogens with one attached hydrogen (secondary N) is 1. The Balaban J connectivity index is 1.65. The van der Waals surface area contributed by atoms with Gasteiger partial charge in [0.15, 0.2) is 22.7 Å². The quantitative estimate of drug-likeness (QED) is 0.238. The van der Waals surface area contributed by atoms with Gasteiger partial charge < -0.3 is 14.2 Å². The lowest BCUT2D eigenvalue weighted by Gasteiger charge is -2.32. The largest absolute Gasteiger partial charge is 0.489 e. The molecular formula is C27H24F3N5O4S. The molecular weight excluding hydrogens is 547 g/mol. The van der Waals surface area contributed by atoms with Gasteiger partial charge in [0.1, 0.15) is 18.2 Å². The van der Waals surface area contributed by atoms with Crippen LogP contribution >= 0.6 is 0 Å². The van der Waals surface area contributed by atoms with Crippen LogP contribution < -0.4 is 20.1 Å². The smallest absolute Gasteiger partial charge is 0.273 e. The van der Waals surface area contributed by atoms with Gasteiger partial charge in [-0.05, 0) is 31.2 Å². The Morgan fingerprint density at radius 3 is 2.77 bits per heavy atom. The van der Waals surface area contributed by atoms with Crippen LogP contribution in [-0.4, -0.2) is 56.6 Å². The van der Waals surface area contributed by atoms with Crippen molar-refractivity contribution in [2.75, 3.05) is 41.9 Å². The number of para-hydroxylation sites is 2. The number of halogens is 3. The average Bonchev–Trinajstić information content (AvgIpc) is 2.95. The third-order valence-corrected chi connectivity index (χ3v) is 6.98. The Morgan fingerprint density at radius 2 is 2.00 bits per heavy atom. The van der Waals surface area contributed by atoms with Gasteiger partial charge in [0, 0.05) is 42.5 Å². The van der Waals surface area contributed by atoms with Gasteiger partial charge in [-0.3, -0.25) is 25.2 Å². The van der Waals surface area contributed by atoms with Crippen LogP contribution in [0.5, 0.6) is 5.75 Å². The van der Waals surface area contributed by atoms with Gasteiger partial charge >= 0.3 is 0 Å². The van der Waals surface area contributed by atoms with E-state index < -0.39 is 40.0 Å². The highest BCUT2D eigenvalue weighted by atomic mass is 32.2. The minimum absolute atomic E-state index is 0.0956. The number of ether oxygens (including phenoxy) is 1. The second-order valence-electron chi connectivity index (χ2n) is 8.84. The van der Waals surface area contributed by atoms with Crippen LogP contribution in [0.4, 0.5) is 24.5 Å². The summed E-state index contributed by atoms with van der Waals surface area (Å²) in [6.45, 7) is 2.95. The number of hydrazine groups is 1. The standard InChI is InChI=1S/C27H24F3N5O4S/c1-2-34(10-12-40(37)38)26-17-7-8-31-25(18-13-16(28)14-20(29)23(18)30)24(17)32-15-19(26)27(36)33-35-9-11-39-22-6-4-3-5-21(22)35/h3-8,13-15H,2,9-12H2,1H3,(H,33,36)(H,37,38). The maximum atomic E-state index is 14.8. The van der Waals surface area contributed by atoms with Gasteiger partial charge in [-0.25, -0.2) is 17.4 Å². The van der Waals surface area contributed by atoms with Crippen LogP contribution in [0.25, 0.3) is 22.2 Å². The number of carbonyl (C=O) groups excluding carboxylic acids is 1. The highest BCUT2D eigenvalue weighted by Crippen LogP contribution is 2.36. The first-order chi connectivity index (χ1) is 19.3. The molecule has 1 unspecified atom stereocenters. The summed E-state index contributed by atoms with van der Waals surface area (Å²) in [7, 11) is 0. The van der Waals surface area contributed by atoms with Crippen LogP contribution in [0.1, 0.15) is 17.3 Å². The van der Waals surface area contributed by atoms with Gasteiger partial charge in [0.2, 0.25) is 0 Å². The number of amides is 1. The van der Waals surface area contributed by atoms with E-state index in [9.17, 15) is 26.7 Å². The summed E-state index contributed by atoms with van der Waals surface area (Å²) in [6.07, 6.45) is 2.60. The normalized spacial score (nSPS) is 13.5. The molecule has 208 valence electrons. The molecule has 1 atom stereocenters. The molecule has 13 heteroatoms. The molecule has 0 aliphatic carbocycles. The molecule has 0 bridgehead atoms. The zero-order valence-electron chi connectivity index (χ0n) is 21.2. The van der Waals surface area contributed by atoms with E-state index in [0.717, 1.165) is 6.07 Å². The van der Waals surface area contributed by atoms with E-state index in [-0.39, 0.29) is 29.1 Å². The summed E-state index contributed by atoms with van der Waals surface area (Å²) < 4.78 is 69.5. The fourth-order valence-electron chi connectivity index (χ4n) is 4.63. The first-order valence-corrected chi connectivity index (χ1v) is 13.6. The van der Waals surface area contributed by atoms with Crippen LogP contribution in [0.3, 0.4) is 0 Å². The Kier molecular flexibility index (Phi) is 7.85. The summed E-state index contributed by atoms with van der Waals surface area (Å²) in [6, 6.07) is 10.0. The first kappa shape index (κ1) is 27.3. The molecule has 0 fully saturated rings. The molecule has 0 saturated carbocycles. The second-order valence-corrected chi connectivity index (χ2v) is 9.89. The third-order valence-electron chi connectivity index (χ3n) is 6.45. The topological polar surface area (TPSA) is 108 Å². The van der Waals surface area contributed by atoms with Crippen molar-refractivity contribution in [3.63, 3.8) is 0 Å². The molecule has 2 aromatic carbocycles. The Bertz CT molecular complexity index is 1620. The van der Waals surface area contributed by atoms with Crippen LogP contribution in [0.15, 0.2) is 54.9 Å². The number of rotatable bonds is 8. The molecule has 5 rings (SSSR count). The number of benzene rings is 2. The van der Waals surface area contributed by atoms with Crippen molar-refractivity contribution in [1.82, 2.24) is 15.4 Å². The SMILES string of the molecule is CCN(CCS(=O)O)c1c(C(=O)NN2CCOc3ccccc32)cnc2c(-c3cc(F)cc(F)c3F)nccc12. The summed E-state index contributed by atoms with van der Waals surface area (Å²) in [4.78, 5) is 23.9. The Labute approximate surface area is 229 Å². The number of hydrogen-bond acceptors (Lipinski definition) is 7. The monoisotopic (exact) mass is 571 g/mol. The predicted octanol–water partition coefficient (Wildman–Crippen LogP) is 4.31. The molecule has 1 amide bonds. The van der Waals surface area contributed by atoms with E-state index in [4.69, 9.17) is 4.74 Å². The highest BCUT2D eigenvalue weighted by Gasteiger charge is 2.26. The molecule has 2 aromatic heterocycles. The molecule has 0 saturated heterocycles. The maximum absolute atomic E-state index is 14.8. The second kappa shape index (κ2) is 11.5. The highest BCUT2D eigenvalue weighted by molar-refractivity contribution is 7.79. The lowest BCUT2D eigenvalue weighted by molar-refractivity contribution is 0.0945. The lowest BCUT2D eigenvalue weighted by atomic mass is 10.0. The summed E-state index contributed by atoms with van der Waals surface area (Å²) >= 11 is -2.11. The van der Waals surface area contributed by atoms with E-state index >= 15 is 0 Å². The Hall–Kier alpha value is -4.23. The van der Waals surface area contributed by atoms with Crippen molar-refractivity contribution < 1.29 is 31.5 Å². The maximum Gasteiger partial charge on any atom is 0.273 e.